The van der Waals surface area contributed by atoms with Gasteiger partial charge < -0.3 is 29.8 Å². The van der Waals surface area contributed by atoms with Crippen molar-refractivity contribution in [2.75, 3.05) is 38.4 Å². The van der Waals surface area contributed by atoms with Crippen LogP contribution in [0.1, 0.15) is 88.1 Å². The van der Waals surface area contributed by atoms with Crippen LogP contribution in [0.25, 0.3) is 11.0 Å². The number of esters is 1. The van der Waals surface area contributed by atoms with Gasteiger partial charge in [0.1, 0.15) is 18.3 Å². The highest BCUT2D eigenvalue weighted by molar-refractivity contribution is 6.00. The highest BCUT2D eigenvalue weighted by Gasteiger charge is 2.47. The van der Waals surface area contributed by atoms with Crippen LogP contribution >= 0.6 is 0 Å². The summed E-state index contributed by atoms with van der Waals surface area (Å²) >= 11 is 0. The van der Waals surface area contributed by atoms with Gasteiger partial charge in [0.05, 0.1) is 6.61 Å². The summed E-state index contributed by atoms with van der Waals surface area (Å²) in [5, 5.41) is 3.77. The number of anilines is 1. The van der Waals surface area contributed by atoms with E-state index in [0.717, 1.165) is 44.9 Å². The number of alkyl halides is 1. The zero-order valence-electron chi connectivity index (χ0n) is 25.9. The van der Waals surface area contributed by atoms with Crippen molar-refractivity contribution >= 4 is 34.4 Å². The first kappa shape index (κ1) is 32.4. The second-order valence-electron chi connectivity index (χ2n) is 12.8. The number of nitrogens with zero attached hydrogens (tertiary/aromatic N) is 1. The molecule has 0 radical (unpaired) electrons. The Kier molecular flexibility index (Phi) is 11.3. The first-order valence-corrected chi connectivity index (χ1v) is 16.6. The summed E-state index contributed by atoms with van der Waals surface area (Å²) < 4.78 is 29.4. The molecule has 2 amide bonds. The van der Waals surface area contributed by atoms with Crippen LogP contribution in [0.15, 0.2) is 28.7 Å². The van der Waals surface area contributed by atoms with Crippen molar-refractivity contribution in [1.29, 1.82) is 0 Å². The van der Waals surface area contributed by atoms with Gasteiger partial charge in [-0.05, 0) is 81.0 Å². The Balaban J connectivity index is 1.27. The summed E-state index contributed by atoms with van der Waals surface area (Å²) in [5.74, 6) is -0.0602. The molecule has 2 heterocycles. The van der Waals surface area contributed by atoms with Crippen molar-refractivity contribution in [2.24, 2.45) is 29.4 Å². The van der Waals surface area contributed by atoms with E-state index in [1.54, 1.807) is 24.3 Å². The monoisotopic (exact) mass is 613 g/mol. The number of likely N-dealkylation sites (tertiary alicyclic amines) is 1. The lowest BCUT2D eigenvalue weighted by Gasteiger charge is -2.36. The van der Waals surface area contributed by atoms with Gasteiger partial charge in [-0.3, -0.25) is 9.59 Å². The van der Waals surface area contributed by atoms with Crippen molar-refractivity contribution in [2.45, 2.75) is 89.6 Å². The fraction of sp³-hybridized carbons (Fsp3) is 0.676. The molecule has 1 aromatic carbocycles. The number of halogens is 1. The molecule has 0 bridgehead atoms. The average molecular weight is 614 g/mol. The number of ether oxygens (including phenoxy) is 2. The Labute approximate surface area is 259 Å². The predicted octanol–water partition coefficient (Wildman–Crippen LogP) is 5.86. The van der Waals surface area contributed by atoms with Gasteiger partial charge in [0, 0.05) is 49.2 Å². The number of furan rings is 1. The van der Waals surface area contributed by atoms with Crippen molar-refractivity contribution in [3.05, 3.63) is 30.0 Å². The van der Waals surface area contributed by atoms with Gasteiger partial charge in [-0.25, -0.2) is 9.18 Å². The molecular weight excluding hydrogens is 565 g/mol. The molecule has 2 saturated carbocycles. The van der Waals surface area contributed by atoms with Crippen LogP contribution in [0.4, 0.5) is 10.1 Å². The quantitative estimate of drug-likeness (QED) is 0.227. The minimum atomic E-state index is -0.542. The van der Waals surface area contributed by atoms with E-state index in [1.807, 2.05) is 11.8 Å². The van der Waals surface area contributed by atoms with Crippen LogP contribution in [0, 0.1) is 23.7 Å². The Bertz CT molecular complexity index is 1270. The minimum Gasteiger partial charge on any atom is -0.460 e. The summed E-state index contributed by atoms with van der Waals surface area (Å²) in [6, 6.07) is 5.90. The largest absolute Gasteiger partial charge is 0.460 e. The van der Waals surface area contributed by atoms with Gasteiger partial charge in [0.2, 0.25) is 17.6 Å². The van der Waals surface area contributed by atoms with E-state index in [9.17, 15) is 18.8 Å². The third kappa shape index (κ3) is 7.62. The van der Waals surface area contributed by atoms with Crippen LogP contribution < -0.4 is 11.1 Å². The highest BCUT2D eigenvalue weighted by Crippen LogP contribution is 2.41. The maximum Gasteiger partial charge on any atom is 0.374 e. The maximum absolute atomic E-state index is 14.0. The molecule has 1 saturated heterocycles. The zero-order chi connectivity index (χ0) is 31.1. The topological polar surface area (TPSA) is 124 Å². The van der Waals surface area contributed by atoms with E-state index in [4.69, 9.17) is 19.6 Å². The standard InChI is InChI=1S/C34H48FN3O6/c1-2-42-17-6-18-43-34(41)30-20-25-19-26(13-14-29(25)44-30)37-32(39)31-27(22-7-4-3-5-8-22)15-16-38(31)33(40)24-11-9-23(10-12-24)28(36)21-35/h13-14,19-20,22-24,27-28,31H,2-12,15-18,21,36H2,1H3,(H,37,39)/t23?,24?,27-,28-,31+/m1/s1. The highest BCUT2D eigenvalue weighted by atomic mass is 19.1. The summed E-state index contributed by atoms with van der Waals surface area (Å²) in [7, 11) is 0. The summed E-state index contributed by atoms with van der Waals surface area (Å²) in [5.41, 5.74) is 7.06. The van der Waals surface area contributed by atoms with E-state index in [2.05, 4.69) is 5.32 Å². The lowest BCUT2D eigenvalue weighted by atomic mass is 9.76. The summed E-state index contributed by atoms with van der Waals surface area (Å²) in [6.07, 6.45) is 10.0. The molecule has 9 nitrogen and oxygen atoms in total. The molecule has 0 spiro atoms. The van der Waals surface area contributed by atoms with Crippen LogP contribution in [-0.2, 0) is 19.1 Å². The number of nitrogens with two attached hydrogens (primary N) is 1. The van der Waals surface area contributed by atoms with Gasteiger partial charge in [0.25, 0.3) is 0 Å². The number of nitrogens with one attached hydrogen (secondary N) is 1. The Hall–Kier alpha value is -2.98. The van der Waals surface area contributed by atoms with Crippen LogP contribution in [-0.4, -0.2) is 67.8 Å². The van der Waals surface area contributed by atoms with Crippen LogP contribution in [0.5, 0.6) is 0 Å². The van der Waals surface area contributed by atoms with Crippen molar-refractivity contribution in [1.82, 2.24) is 4.90 Å². The first-order valence-electron chi connectivity index (χ1n) is 16.6. The lowest BCUT2D eigenvalue weighted by molar-refractivity contribution is -0.142. The van der Waals surface area contributed by atoms with E-state index in [0.29, 0.717) is 61.6 Å². The molecule has 3 N–H and O–H groups in total. The number of carbonyl (C=O) groups is 3. The minimum absolute atomic E-state index is 0.0467. The molecule has 1 aromatic heterocycles. The number of rotatable bonds is 12. The summed E-state index contributed by atoms with van der Waals surface area (Å²) in [6.45, 7) is 3.34. The van der Waals surface area contributed by atoms with Gasteiger partial charge in [-0.15, -0.1) is 0 Å². The molecule has 3 fully saturated rings. The lowest BCUT2D eigenvalue weighted by Crippen LogP contribution is -2.50. The fourth-order valence-electron chi connectivity index (χ4n) is 7.59. The Morgan fingerprint density at radius 3 is 2.55 bits per heavy atom. The van der Waals surface area contributed by atoms with Gasteiger partial charge in [0.15, 0.2) is 0 Å². The van der Waals surface area contributed by atoms with Gasteiger partial charge >= 0.3 is 5.97 Å². The fourth-order valence-corrected chi connectivity index (χ4v) is 7.59. The first-order chi connectivity index (χ1) is 21.4. The predicted molar refractivity (Wildman–Crippen MR) is 166 cm³/mol. The smallest absolute Gasteiger partial charge is 0.374 e. The summed E-state index contributed by atoms with van der Waals surface area (Å²) in [4.78, 5) is 42.2. The maximum atomic E-state index is 14.0. The SMILES string of the molecule is CCOCCCOC(=O)c1cc2cc(NC(=O)[C@@H]3[C@@H](C4CCCCC4)CCN3C(=O)C3CCC([C@H](N)CF)CC3)ccc2o1. The zero-order valence-corrected chi connectivity index (χ0v) is 25.9. The molecule has 2 aliphatic carbocycles. The molecular formula is C34H48FN3O6. The molecule has 10 heteroatoms. The normalized spacial score (nSPS) is 25.2. The second-order valence-corrected chi connectivity index (χ2v) is 12.8. The number of fused-ring (bicyclic) bond motifs is 1. The third-order valence-corrected chi connectivity index (χ3v) is 10.0. The molecule has 3 atom stereocenters. The molecule has 3 aliphatic rings. The number of amides is 2. The van der Waals surface area contributed by atoms with Crippen molar-refractivity contribution in [3.63, 3.8) is 0 Å². The molecule has 2 aromatic rings. The van der Waals surface area contributed by atoms with E-state index >= 15 is 0 Å². The van der Waals surface area contributed by atoms with Crippen LogP contribution in [0.3, 0.4) is 0 Å². The van der Waals surface area contributed by atoms with Gasteiger partial charge in [-0.2, -0.15) is 0 Å². The Morgan fingerprint density at radius 1 is 1.05 bits per heavy atom. The van der Waals surface area contributed by atoms with Crippen LogP contribution in [0.2, 0.25) is 0 Å². The Morgan fingerprint density at radius 2 is 1.82 bits per heavy atom. The van der Waals surface area contributed by atoms with E-state index < -0.39 is 24.7 Å². The van der Waals surface area contributed by atoms with E-state index in [-0.39, 0.29) is 41.9 Å². The van der Waals surface area contributed by atoms with Crippen molar-refractivity contribution < 1.29 is 32.7 Å². The second kappa shape index (κ2) is 15.3. The van der Waals surface area contributed by atoms with Crippen molar-refractivity contribution in [3.8, 4) is 0 Å². The number of carbonyl (C=O) groups excluding carboxylic acids is 3. The number of hydrogen-bond donors (Lipinski definition) is 2. The average Bonchev–Trinajstić information content (AvgIpc) is 3.69. The number of hydrogen-bond acceptors (Lipinski definition) is 7. The molecule has 0 unspecified atom stereocenters. The van der Waals surface area contributed by atoms with Gasteiger partial charge in [-0.1, -0.05) is 32.1 Å². The molecule has 44 heavy (non-hydrogen) atoms. The van der Waals surface area contributed by atoms with E-state index in [1.165, 1.54) is 6.42 Å². The number of benzene rings is 1. The third-order valence-electron chi connectivity index (χ3n) is 10.0. The molecule has 1 aliphatic heterocycles. The molecule has 5 rings (SSSR count). The molecule has 242 valence electrons.